The van der Waals surface area contributed by atoms with Crippen molar-refractivity contribution in [2.24, 2.45) is 0 Å². The number of rotatable bonds is 4. The maximum absolute atomic E-state index is 9.98. The predicted octanol–water partition coefficient (Wildman–Crippen LogP) is 1.18. The molecule has 1 aliphatic rings. The summed E-state index contributed by atoms with van der Waals surface area (Å²) in [7, 11) is 0. The molecule has 1 heterocycles. The van der Waals surface area contributed by atoms with Crippen LogP contribution >= 0.6 is 0 Å². The number of hydrogen-bond acceptors (Lipinski definition) is 3. The minimum Gasteiger partial charge on any atom is -0.387 e. The molecule has 1 aromatic rings. The molecule has 1 fully saturated rings. The van der Waals surface area contributed by atoms with E-state index in [2.05, 4.69) is 4.90 Å². The average Bonchev–Trinajstić information content (AvgIpc) is 2.28. The lowest BCUT2D eigenvalue weighted by atomic mass is 9.90. The third-order valence-corrected chi connectivity index (χ3v) is 3.31. The van der Waals surface area contributed by atoms with Crippen molar-refractivity contribution < 1.29 is 10.2 Å². The highest BCUT2D eigenvalue weighted by Crippen LogP contribution is 2.26. The van der Waals surface area contributed by atoms with Gasteiger partial charge in [0.2, 0.25) is 0 Å². The van der Waals surface area contributed by atoms with Gasteiger partial charge in [0.25, 0.3) is 0 Å². The summed E-state index contributed by atoms with van der Waals surface area (Å²) >= 11 is 0. The highest BCUT2D eigenvalue weighted by Gasteiger charge is 2.39. The fourth-order valence-electron chi connectivity index (χ4n) is 2.16. The molecular formula is C13H19NO2. The van der Waals surface area contributed by atoms with Crippen LogP contribution in [0.5, 0.6) is 0 Å². The van der Waals surface area contributed by atoms with Gasteiger partial charge in [0.05, 0.1) is 11.7 Å². The Labute approximate surface area is 96.3 Å². The Morgan fingerprint density at radius 2 is 1.94 bits per heavy atom. The minimum absolute atomic E-state index is 0.456. The number of hydrogen-bond donors (Lipinski definition) is 2. The third kappa shape index (κ3) is 2.43. The van der Waals surface area contributed by atoms with Crippen molar-refractivity contribution in [3.63, 3.8) is 0 Å². The van der Waals surface area contributed by atoms with Gasteiger partial charge in [-0.2, -0.15) is 0 Å². The van der Waals surface area contributed by atoms with Crippen molar-refractivity contribution in [1.82, 2.24) is 4.90 Å². The molecule has 1 aliphatic heterocycles. The molecule has 0 aromatic heterocycles. The van der Waals surface area contributed by atoms with E-state index < -0.39 is 11.7 Å². The van der Waals surface area contributed by atoms with E-state index >= 15 is 0 Å². The summed E-state index contributed by atoms with van der Waals surface area (Å²) in [6.45, 7) is 3.94. The van der Waals surface area contributed by atoms with Gasteiger partial charge in [0.15, 0.2) is 0 Å². The number of nitrogens with zero attached hydrogens (tertiary/aromatic N) is 1. The highest BCUT2D eigenvalue weighted by atomic mass is 16.3. The first kappa shape index (κ1) is 11.6. The monoisotopic (exact) mass is 221 g/mol. The summed E-state index contributed by atoms with van der Waals surface area (Å²) < 4.78 is 0. The van der Waals surface area contributed by atoms with Crippen molar-refractivity contribution in [2.75, 3.05) is 19.6 Å². The molecule has 0 spiro atoms. The fraction of sp³-hybridized carbons (Fsp3) is 0.538. The Kier molecular flexibility index (Phi) is 3.28. The first-order valence-corrected chi connectivity index (χ1v) is 5.81. The molecule has 0 saturated carbocycles. The van der Waals surface area contributed by atoms with Crippen LogP contribution in [-0.2, 0) is 0 Å². The Bertz CT molecular complexity index is 333. The zero-order valence-corrected chi connectivity index (χ0v) is 9.63. The van der Waals surface area contributed by atoms with Crippen molar-refractivity contribution in [1.29, 1.82) is 0 Å². The Morgan fingerprint density at radius 1 is 1.31 bits per heavy atom. The normalized spacial score (nSPS) is 21.4. The van der Waals surface area contributed by atoms with Gasteiger partial charge in [-0.15, -0.1) is 0 Å². The summed E-state index contributed by atoms with van der Waals surface area (Å²) in [6, 6.07) is 9.65. The topological polar surface area (TPSA) is 43.7 Å². The van der Waals surface area contributed by atoms with Crippen LogP contribution in [0.15, 0.2) is 30.3 Å². The van der Waals surface area contributed by atoms with Crippen molar-refractivity contribution in [2.45, 2.75) is 25.0 Å². The van der Waals surface area contributed by atoms with Crippen molar-refractivity contribution in [3.8, 4) is 0 Å². The Hall–Kier alpha value is -0.900. The summed E-state index contributed by atoms with van der Waals surface area (Å²) in [6.07, 6.45) is 0.327. The maximum Gasteiger partial charge on any atom is 0.0916 e. The standard InChI is InChI=1S/C13H19NO2/c1-2-13(16)9-14(10-13)8-12(15)11-6-4-3-5-7-11/h3-7,12,15-16H,2,8-10H2,1H3. The molecule has 1 aromatic carbocycles. The van der Waals surface area contributed by atoms with Crippen LogP contribution in [0.1, 0.15) is 25.0 Å². The molecular weight excluding hydrogens is 202 g/mol. The lowest BCUT2D eigenvalue weighted by molar-refractivity contribution is -0.110. The fourth-order valence-corrected chi connectivity index (χ4v) is 2.16. The predicted molar refractivity (Wildman–Crippen MR) is 63.1 cm³/mol. The van der Waals surface area contributed by atoms with Gasteiger partial charge >= 0.3 is 0 Å². The Morgan fingerprint density at radius 3 is 2.50 bits per heavy atom. The van der Waals surface area contributed by atoms with Crippen LogP contribution in [0.3, 0.4) is 0 Å². The van der Waals surface area contributed by atoms with E-state index in [1.165, 1.54) is 0 Å². The molecule has 1 atom stereocenters. The number of aliphatic hydroxyl groups is 2. The molecule has 0 aliphatic carbocycles. The maximum atomic E-state index is 9.98. The molecule has 3 heteroatoms. The van der Waals surface area contributed by atoms with Gasteiger partial charge in [-0.3, -0.25) is 4.90 Å². The number of likely N-dealkylation sites (tertiary alicyclic amines) is 1. The molecule has 1 unspecified atom stereocenters. The van der Waals surface area contributed by atoms with Crippen molar-refractivity contribution in [3.05, 3.63) is 35.9 Å². The van der Waals surface area contributed by atoms with Gasteiger partial charge in [-0.1, -0.05) is 37.3 Å². The summed E-state index contributed by atoms with van der Waals surface area (Å²) in [5, 5.41) is 19.8. The second-order valence-corrected chi connectivity index (χ2v) is 4.67. The van der Waals surface area contributed by atoms with E-state index in [0.29, 0.717) is 19.6 Å². The average molecular weight is 221 g/mol. The highest BCUT2D eigenvalue weighted by molar-refractivity contribution is 5.17. The molecule has 0 radical (unpaired) electrons. The summed E-state index contributed by atoms with van der Waals surface area (Å²) in [5.74, 6) is 0. The van der Waals surface area contributed by atoms with E-state index in [9.17, 15) is 10.2 Å². The zero-order chi connectivity index (χ0) is 11.6. The largest absolute Gasteiger partial charge is 0.387 e. The molecule has 0 amide bonds. The molecule has 16 heavy (non-hydrogen) atoms. The number of aliphatic hydroxyl groups excluding tert-OH is 1. The molecule has 0 bridgehead atoms. The summed E-state index contributed by atoms with van der Waals surface area (Å²) in [4.78, 5) is 2.08. The zero-order valence-electron chi connectivity index (χ0n) is 9.63. The minimum atomic E-state index is -0.517. The summed E-state index contributed by atoms with van der Waals surface area (Å²) in [5.41, 5.74) is 0.422. The molecule has 88 valence electrons. The second-order valence-electron chi connectivity index (χ2n) is 4.67. The van der Waals surface area contributed by atoms with Crippen LogP contribution in [-0.4, -0.2) is 40.3 Å². The van der Waals surface area contributed by atoms with E-state index in [4.69, 9.17) is 0 Å². The SMILES string of the molecule is CCC1(O)CN(CC(O)c2ccccc2)C1. The first-order chi connectivity index (χ1) is 7.63. The van der Waals surface area contributed by atoms with Crippen LogP contribution in [0.4, 0.5) is 0 Å². The van der Waals surface area contributed by atoms with Gasteiger partial charge < -0.3 is 10.2 Å². The quantitative estimate of drug-likeness (QED) is 0.802. The van der Waals surface area contributed by atoms with E-state index in [0.717, 1.165) is 12.0 Å². The second kappa shape index (κ2) is 4.53. The number of benzene rings is 1. The van der Waals surface area contributed by atoms with Crippen LogP contribution in [0.2, 0.25) is 0 Å². The van der Waals surface area contributed by atoms with Crippen LogP contribution in [0.25, 0.3) is 0 Å². The smallest absolute Gasteiger partial charge is 0.0916 e. The van der Waals surface area contributed by atoms with E-state index in [1.807, 2.05) is 37.3 Å². The van der Waals surface area contributed by atoms with Gasteiger partial charge in [0.1, 0.15) is 0 Å². The van der Waals surface area contributed by atoms with Crippen molar-refractivity contribution >= 4 is 0 Å². The van der Waals surface area contributed by atoms with Gasteiger partial charge in [-0.05, 0) is 12.0 Å². The first-order valence-electron chi connectivity index (χ1n) is 5.81. The van der Waals surface area contributed by atoms with E-state index in [1.54, 1.807) is 0 Å². The lowest BCUT2D eigenvalue weighted by Crippen LogP contribution is -2.61. The van der Waals surface area contributed by atoms with Crippen LogP contribution in [0, 0.1) is 0 Å². The molecule has 1 saturated heterocycles. The lowest BCUT2D eigenvalue weighted by Gasteiger charge is -2.46. The number of β-amino-alcohol motifs (C(OH)–C–C–N with tert-alkyl or cyclic N) is 2. The van der Waals surface area contributed by atoms with Gasteiger partial charge in [-0.25, -0.2) is 0 Å². The van der Waals surface area contributed by atoms with Gasteiger partial charge in [0, 0.05) is 19.6 Å². The third-order valence-electron chi connectivity index (χ3n) is 3.31. The molecule has 2 N–H and O–H groups in total. The Balaban J connectivity index is 1.84. The molecule has 3 nitrogen and oxygen atoms in total. The van der Waals surface area contributed by atoms with E-state index in [-0.39, 0.29) is 0 Å². The van der Waals surface area contributed by atoms with Crippen LogP contribution < -0.4 is 0 Å². The molecule has 2 rings (SSSR count).